The van der Waals surface area contributed by atoms with Crippen LogP contribution < -0.4 is 10.5 Å². The highest BCUT2D eigenvalue weighted by Gasteiger charge is 2.28. The second kappa shape index (κ2) is 7.91. The molecule has 0 saturated carbocycles. The number of halogens is 3. The fourth-order valence-electron chi connectivity index (χ4n) is 1.21. The molecule has 0 aromatic carbocycles. The lowest BCUT2D eigenvalue weighted by Crippen LogP contribution is -2.19. The van der Waals surface area contributed by atoms with Gasteiger partial charge in [0, 0.05) is 18.0 Å². The van der Waals surface area contributed by atoms with Crippen molar-refractivity contribution < 1.29 is 22.7 Å². The number of aromatic nitrogens is 3. The predicted octanol–water partition coefficient (Wildman–Crippen LogP) is 1.91. The van der Waals surface area contributed by atoms with Gasteiger partial charge in [0.05, 0.1) is 0 Å². The number of alkyl halides is 3. The van der Waals surface area contributed by atoms with Crippen molar-refractivity contribution in [1.29, 1.82) is 0 Å². The first kappa shape index (κ1) is 17.3. The van der Waals surface area contributed by atoms with Crippen molar-refractivity contribution in [2.45, 2.75) is 13.1 Å². The van der Waals surface area contributed by atoms with E-state index in [1.54, 1.807) is 19.1 Å². The highest BCUT2D eigenvalue weighted by atomic mass is 19.4. The van der Waals surface area contributed by atoms with Crippen LogP contribution in [-0.4, -0.2) is 33.6 Å². The largest absolute Gasteiger partial charge is 0.468 e. The molecule has 0 bridgehead atoms. The summed E-state index contributed by atoms with van der Waals surface area (Å²) in [5, 5.41) is 0. The molecule has 0 unspecified atom stereocenters. The van der Waals surface area contributed by atoms with E-state index in [1.165, 1.54) is 24.8 Å². The number of amides is 1. The topological polar surface area (TPSA) is 91.0 Å². The molecule has 0 fully saturated rings. The summed E-state index contributed by atoms with van der Waals surface area (Å²) in [7, 11) is 0. The van der Waals surface area contributed by atoms with Crippen LogP contribution in [0, 0.1) is 6.92 Å². The number of primary amides is 1. The average Bonchev–Trinajstić information content (AvgIpc) is 2.47. The van der Waals surface area contributed by atoms with Crippen molar-refractivity contribution in [2.75, 3.05) is 6.61 Å². The van der Waals surface area contributed by atoms with Gasteiger partial charge in [0.15, 0.2) is 6.61 Å². The van der Waals surface area contributed by atoms with Gasteiger partial charge in [-0.05, 0) is 19.1 Å². The Balaban J connectivity index is 0.000000235. The molecule has 2 rings (SSSR count). The van der Waals surface area contributed by atoms with E-state index in [2.05, 4.69) is 19.7 Å². The van der Waals surface area contributed by atoms with Crippen LogP contribution in [0.1, 0.15) is 16.1 Å². The molecular weight excluding hydrogens is 301 g/mol. The lowest BCUT2D eigenvalue weighted by Gasteiger charge is -2.09. The van der Waals surface area contributed by atoms with Crippen LogP contribution in [0.2, 0.25) is 0 Å². The van der Waals surface area contributed by atoms with Gasteiger partial charge >= 0.3 is 6.18 Å². The van der Waals surface area contributed by atoms with E-state index < -0.39 is 18.7 Å². The number of nitrogens with zero attached hydrogens (tertiary/aromatic N) is 3. The molecule has 22 heavy (non-hydrogen) atoms. The van der Waals surface area contributed by atoms with Crippen LogP contribution in [0.5, 0.6) is 5.88 Å². The number of nitrogens with two attached hydrogens (primary N) is 1. The zero-order chi connectivity index (χ0) is 16.6. The molecule has 0 spiro atoms. The van der Waals surface area contributed by atoms with Crippen molar-refractivity contribution in [1.82, 2.24) is 15.0 Å². The number of carbonyl (C=O) groups excluding carboxylic acids is 1. The van der Waals surface area contributed by atoms with E-state index in [0.29, 0.717) is 5.56 Å². The molecule has 0 atom stereocenters. The molecular formula is C13H13F3N4O2. The van der Waals surface area contributed by atoms with Crippen molar-refractivity contribution in [3.8, 4) is 5.88 Å². The Hall–Kier alpha value is -2.71. The maximum absolute atomic E-state index is 11.7. The van der Waals surface area contributed by atoms with Crippen molar-refractivity contribution in [2.24, 2.45) is 5.73 Å². The lowest BCUT2D eigenvalue weighted by molar-refractivity contribution is -0.154. The van der Waals surface area contributed by atoms with E-state index >= 15 is 0 Å². The van der Waals surface area contributed by atoms with Crippen LogP contribution >= 0.6 is 0 Å². The Morgan fingerprint density at radius 2 is 2.00 bits per heavy atom. The number of carbonyl (C=O) groups is 1. The van der Waals surface area contributed by atoms with Crippen LogP contribution in [0.25, 0.3) is 0 Å². The van der Waals surface area contributed by atoms with E-state index in [-0.39, 0.29) is 11.6 Å². The molecule has 118 valence electrons. The van der Waals surface area contributed by atoms with E-state index in [1.807, 2.05) is 0 Å². The number of ether oxygens (including phenoxy) is 1. The van der Waals surface area contributed by atoms with Crippen molar-refractivity contribution >= 4 is 5.91 Å². The Kier molecular flexibility index (Phi) is 6.24. The molecule has 6 nitrogen and oxygen atoms in total. The first-order chi connectivity index (χ1) is 10.3. The van der Waals surface area contributed by atoms with Crippen molar-refractivity contribution in [3.05, 3.63) is 48.2 Å². The van der Waals surface area contributed by atoms with Crippen LogP contribution in [0.4, 0.5) is 13.2 Å². The van der Waals surface area contributed by atoms with Gasteiger partial charge in [-0.15, -0.1) is 0 Å². The predicted molar refractivity (Wildman–Crippen MR) is 71.1 cm³/mol. The molecule has 2 N–H and O–H groups in total. The Labute approximate surface area is 124 Å². The van der Waals surface area contributed by atoms with Gasteiger partial charge in [-0.3, -0.25) is 4.79 Å². The Bertz CT molecular complexity index is 606. The van der Waals surface area contributed by atoms with Gasteiger partial charge in [0.1, 0.15) is 12.0 Å². The van der Waals surface area contributed by atoms with Crippen LogP contribution in [0.15, 0.2) is 36.9 Å². The first-order valence-corrected chi connectivity index (χ1v) is 5.96. The standard InChI is InChI=1S/C8H8F3NO.C5H5N3O/c1-6-3-2-4-12-7(6)13-5-8(9,10)11;6-5(9)4-1-2-7-3-8-4/h2-4H,5H2,1H3;1-3H,(H2,6,9). The SMILES string of the molecule is Cc1cccnc1OCC(F)(F)F.NC(=O)c1ccncn1. The maximum atomic E-state index is 11.7. The van der Waals surface area contributed by atoms with Gasteiger partial charge in [-0.25, -0.2) is 15.0 Å². The molecule has 2 aromatic rings. The quantitative estimate of drug-likeness (QED) is 0.934. The molecule has 0 radical (unpaired) electrons. The van der Waals surface area contributed by atoms with Crippen LogP contribution in [0.3, 0.4) is 0 Å². The summed E-state index contributed by atoms with van der Waals surface area (Å²) in [6, 6.07) is 4.73. The van der Waals surface area contributed by atoms with E-state index in [4.69, 9.17) is 5.73 Å². The fraction of sp³-hybridized carbons (Fsp3) is 0.231. The van der Waals surface area contributed by atoms with E-state index in [9.17, 15) is 18.0 Å². The minimum absolute atomic E-state index is 0.0276. The minimum Gasteiger partial charge on any atom is -0.468 e. The monoisotopic (exact) mass is 314 g/mol. The van der Waals surface area contributed by atoms with Gasteiger partial charge in [-0.1, -0.05) is 6.07 Å². The average molecular weight is 314 g/mol. The van der Waals surface area contributed by atoms with Gasteiger partial charge in [0.2, 0.25) is 5.88 Å². The third-order valence-electron chi connectivity index (χ3n) is 2.17. The molecule has 0 aliphatic rings. The molecule has 2 heterocycles. The second-order valence-electron chi connectivity index (χ2n) is 3.99. The minimum atomic E-state index is -4.32. The molecule has 2 aromatic heterocycles. The normalized spacial score (nSPS) is 10.4. The van der Waals surface area contributed by atoms with Crippen LogP contribution in [-0.2, 0) is 0 Å². The first-order valence-electron chi connectivity index (χ1n) is 5.96. The molecule has 9 heteroatoms. The molecule has 0 aliphatic carbocycles. The van der Waals surface area contributed by atoms with Crippen molar-refractivity contribution in [3.63, 3.8) is 0 Å². The Morgan fingerprint density at radius 1 is 1.27 bits per heavy atom. The number of pyridine rings is 1. The lowest BCUT2D eigenvalue weighted by atomic mass is 10.3. The smallest absolute Gasteiger partial charge is 0.422 e. The number of aryl methyl sites for hydroxylation is 1. The summed E-state index contributed by atoms with van der Waals surface area (Å²) in [4.78, 5) is 21.2. The third kappa shape index (κ3) is 6.64. The van der Waals surface area contributed by atoms with E-state index in [0.717, 1.165) is 0 Å². The highest BCUT2D eigenvalue weighted by molar-refractivity contribution is 5.90. The number of hydrogen-bond donors (Lipinski definition) is 1. The summed E-state index contributed by atoms with van der Waals surface area (Å²) in [5.41, 5.74) is 5.71. The summed E-state index contributed by atoms with van der Waals surface area (Å²) < 4.78 is 39.6. The molecule has 1 amide bonds. The zero-order valence-electron chi connectivity index (χ0n) is 11.5. The number of hydrogen-bond acceptors (Lipinski definition) is 5. The number of rotatable bonds is 3. The summed E-state index contributed by atoms with van der Waals surface area (Å²) in [6.45, 7) is 0.337. The summed E-state index contributed by atoms with van der Waals surface area (Å²) in [5.74, 6) is -0.503. The summed E-state index contributed by atoms with van der Waals surface area (Å²) in [6.07, 6.45) is -0.185. The maximum Gasteiger partial charge on any atom is 0.422 e. The summed E-state index contributed by atoms with van der Waals surface area (Å²) >= 11 is 0. The fourth-order valence-corrected chi connectivity index (χ4v) is 1.21. The second-order valence-corrected chi connectivity index (χ2v) is 3.99. The zero-order valence-corrected chi connectivity index (χ0v) is 11.5. The third-order valence-corrected chi connectivity index (χ3v) is 2.17. The van der Waals surface area contributed by atoms with Gasteiger partial charge in [-0.2, -0.15) is 13.2 Å². The molecule has 0 saturated heterocycles. The Morgan fingerprint density at radius 3 is 2.45 bits per heavy atom. The van der Waals surface area contributed by atoms with Gasteiger partial charge < -0.3 is 10.5 Å². The molecule has 0 aliphatic heterocycles. The highest BCUT2D eigenvalue weighted by Crippen LogP contribution is 2.18. The van der Waals surface area contributed by atoms with Gasteiger partial charge in [0.25, 0.3) is 5.91 Å².